The van der Waals surface area contributed by atoms with Gasteiger partial charge in [0.1, 0.15) is 12.2 Å². The highest BCUT2D eigenvalue weighted by molar-refractivity contribution is 8.00. The smallest absolute Gasteiger partial charge is 0.230 e. The molecule has 1 aromatic carbocycles. The maximum atomic E-state index is 12.0. The molecule has 5 nitrogen and oxygen atoms in total. The zero-order chi connectivity index (χ0) is 17.7. The van der Waals surface area contributed by atoms with Crippen LogP contribution in [0, 0.1) is 0 Å². The summed E-state index contributed by atoms with van der Waals surface area (Å²) in [5.41, 5.74) is 1.44. The molecular weight excluding hydrogens is 320 g/mol. The number of hydrogen-bond donors (Lipinski definition) is 1. The fourth-order valence-electron chi connectivity index (χ4n) is 2.26. The fraction of sp³-hybridized carbons (Fsp3) is 0.500. The minimum atomic E-state index is -0.00166. The van der Waals surface area contributed by atoms with E-state index in [4.69, 9.17) is 0 Å². The van der Waals surface area contributed by atoms with Crippen molar-refractivity contribution in [3.63, 3.8) is 0 Å². The van der Waals surface area contributed by atoms with Crippen LogP contribution in [0.25, 0.3) is 0 Å². The van der Waals surface area contributed by atoms with E-state index in [9.17, 15) is 4.79 Å². The quantitative estimate of drug-likeness (QED) is 0.813. The van der Waals surface area contributed by atoms with Gasteiger partial charge in [-0.05, 0) is 37.0 Å². The van der Waals surface area contributed by atoms with Gasteiger partial charge in [-0.3, -0.25) is 4.79 Å². The lowest BCUT2D eigenvalue weighted by atomic mass is 9.87. The average molecular weight is 347 g/mol. The first-order chi connectivity index (χ1) is 11.3. The number of amides is 1. The van der Waals surface area contributed by atoms with E-state index in [0.717, 1.165) is 10.7 Å². The minimum Gasteiger partial charge on any atom is -0.348 e. The Morgan fingerprint density at radius 2 is 1.92 bits per heavy atom. The van der Waals surface area contributed by atoms with Crippen molar-refractivity contribution in [1.29, 1.82) is 0 Å². The molecule has 1 heterocycles. The van der Waals surface area contributed by atoms with E-state index in [1.165, 1.54) is 11.9 Å². The third-order valence-electron chi connectivity index (χ3n) is 3.67. The predicted octanol–water partition coefficient (Wildman–Crippen LogP) is 3.57. The topological polar surface area (TPSA) is 59.8 Å². The van der Waals surface area contributed by atoms with Crippen LogP contribution in [-0.4, -0.2) is 26.4 Å². The van der Waals surface area contributed by atoms with Crippen LogP contribution in [0.2, 0.25) is 0 Å². The number of benzene rings is 1. The van der Waals surface area contributed by atoms with Gasteiger partial charge in [0, 0.05) is 10.9 Å². The summed E-state index contributed by atoms with van der Waals surface area (Å²) in [7, 11) is 0. The van der Waals surface area contributed by atoms with Crippen LogP contribution < -0.4 is 5.32 Å². The van der Waals surface area contributed by atoms with Gasteiger partial charge >= 0.3 is 0 Å². The molecule has 130 valence electrons. The normalized spacial score (nSPS) is 11.8. The summed E-state index contributed by atoms with van der Waals surface area (Å²) in [6, 6.07) is 8.65. The molecule has 2 rings (SSSR count). The molecule has 0 saturated heterocycles. The highest BCUT2D eigenvalue weighted by Gasteiger charge is 2.13. The van der Waals surface area contributed by atoms with E-state index < -0.39 is 0 Å². The van der Waals surface area contributed by atoms with E-state index >= 15 is 0 Å². The van der Waals surface area contributed by atoms with Crippen LogP contribution >= 0.6 is 11.8 Å². The van der Waals surface area contributed by atoms with Crippen LogP contribution in [0.15, 0.2) is 35.5 Å². The van der Waals surface area contributed by atoms with Crippen molar-refractivity contribution in [3.05, 3.63) is 42.0 Å². The second-order valence-corrected chi connectivity index (χ2v) is 8.10. The van der Waals surface area contributed by atoms with Crippen molar-refractivity contribution < 1.29 is 4.79 Å². The van der Waals surface area contributed by atoms with Crippen molar-refractivity contribution in [2.24, 2.45) is 0 Å². The van der Waals surface area contributed by atoms with Crippen LogP contribution in [0.5, 0.6) is 0 Å². The van der Waals surface area contributed by atoms with Crippen LogP contribution in [0.3, 0.4) is 0 Å². The van der Waals surface area contributed by atoms with E-state index in [2.05, 4.69) is 60.4 Å². The number of rotatable bonds is 6. The van der Waals surface area contributed by atoms with Crippen molar-refractivity contribution in [1.82, 2.24) is 20.1 Å². The first-order valence-corrected chi connectivity index (χ1v) is 9.14. The molecule has 0 radical (unpaired) electrons. The summed E-state index contributed by atoms with van der Waals surface area (Å²) in [6.07, 6.45) is 1.52. The second-order valence-electron chi connectivity index (χ2n) is 7.05. The Labute approximate surface area is 148 Å². The van der Waals surface area contributed by atoms with Gasteiger partial charge < -0.3 is 5.32 Å². The summed E-state index contributed by atoms with van der Waals surface area (Å²) in [4.78, 5) is 17.3. The lowest BCUT2D eigenvalue weighted by Crippen LogP contribution is -2.26. The SMILES string of the molecule is CC(C)n1ncnc1CNC(=O)CSc1ccc(C(C)(C)C)cc1. The molecule has 1 amide bonds. The van der Waals surface area contributed by atoms with Gasteiger partial charge in [-0.2, -0.15) is 5.10 Å². The Bertz CT molecular complexity index is 671. The largest absolute Gasteiger partial charge is 0.348 e. The first kappa shape index (κ1) is 18.5. The molecule has 0 atom stereocenters. The number of thioether (sulfide) groups is 1. The van der Waals surface area contributed by atoms with Crippen molar-refractivity contribution >= 4 is 17.7 Å². The van der Waals surface area contributed by atoms with Gasteiger partial charge in [-0.25, -0.2) is 9.67 Å². The highest BCUT2D eigenvalue weighted by Crippen LogP contribution is 2.25. The molecule has 0 bridgehead atoms. The summed E-state index contributed by atoms with van der Waals surface area (Å²) >= 11 is 1.54. The Hall–Kier alpha value is -1.82. The molecule has 0 unspecified atom stereocenters. The Kier molecular flexibility index (Phi) is 6.04. The molecule has 0 aliphatic rings. The molecule has 1 N–H and O–H groups in total. The molecule has 0 aliphatic carbocycles. The Balaban J connectivity index is 1.82. The van der Waals surface area contributed by atoms with Crippen LogP contribution in [0.1, 0.15) is 52.0 Å². The minimum absolute atomic E-state index is 0.00166. The third-order valence-corrected chi connectivity index (χ3v) is 4.68. The first-order valence-electron chi connectivity index (χ1n) is 8.16. The van der Waals surface area contributed by atoms with Gasteiger partial charge in [-0.1, -0.05) is 32.9 Å². The van der Waals surface area contributed by atoms with E-state index in [1.54, 1.807) is 11.8 Å². The zero-order valence-corrected chi connectivity index (χ0v) is 15.9. The molecule has 0 fully saturated rings. The molecular formula is C18H26N4OS. The van der Waals surface area contributed by atoms with Crippen molar-refractivity contribution in [2.75, 3.05) is 5.75 Å². The lowest BCUT2D eigenvalue weighted by molar-refractivity contribution is -0.118. The van der Waals surface area contributed by atoms with Crippen molar-refractivity contribution in [3.8, 4) is 0 Å². The molecule has 0 aliphatic heterocycles. The van der Waals surface area contributed by atoms with Gasteiger partial charge in [0.05, 0.1) is 12.3 Å². The molecule has 1 aromatic heterocycles. The molecule has 2 aromatic rings. The number of carbonyl (C=O) groups is 1. The van der Waals surface area contributed by atoms with Gasteiger partial charge in [0.15, 0.2) is 0 Å². The van der Waals surface area contributed by atoms with E-state index in [1.807, 2.05) is 18.5 Å². The number of hydrogen-bond acceptors (Lipinski definition) is 4. The number of nitrogens with zero attached hydrogens (tertiary/aromatic N) is 3. The average Bonchev–Trinajstić information content (AvgIpc) is 2.99. The standard InChI is InChI=1S/C18H26N4OS/c1-13(2)22-16(20-12-21-22)10-19-17(23)11-24-15-8-6-14(7-9-15)18(3,4)5/h6-9,12-13H,10-11H2,1-5H3,(H,19,23). The predicted molar refractivity (Wildman–Crippen MR) is 98.1 cm³/mol. The summed E-state index contributed by atoms with van der Waals surface area (Å²) in [5, 5.41) is 7.07. The Morgan fingerprint density at radius 3 is 2.50 bits per heavy atom. The summed E-state index contributed by atoms with van der Waals surface area (Å²) in [5.74, 6) is 1.17. The van der Waals surface area contributed by atoms with Crippen molar-refractivity contribution in [2.45, 2.75) is 57.5 Å². The van der Waals surface area contributed by atoms with Gasteiger partial charge in [-0.15, -0.1) is 11.8 Å². The molecule has 6 heteroatoms. The lowest BCUT2D eigenvalue weighted by Gasteiger charge is -2.19. The number of nitrogens with one attached hydrogen (secondary N) is 1. The van der Waals surface area contributed by atoms with Gasteiger partial charge in [0.2, 0.25) is 5.91 Å². The highest BCUT2D eigenvalue weighted by atomic mass is 32.2. The van der Waals surface area contributed by atoms with E-state index in [-0.39, 0.29) is 17.4 Å². The molecule has 0 spiro atoms. The monoisotopic (exact) mass is 346 g/mol. The summed E-state index contributed by atoms with van der Waals surface area (Å²) in [6.45, 7) is 11.1. The maximum Gasteiger partial charge on any atom is 0.230 e. The summed E-state index contributed by atoms with van der Waals surface area (Å²) < 4.78 is 1.82. The maximum absolute atomic E-state index is 12.0. The Morgan fingerprint density at radius 1 is 1.25 bits per heavy atom. The fourth-order valence-corrected chi connectivity index (χ4v) is 2.99. The number of aromatic nitrogens is 3. The van der Waals surface area contributed by atoms with Crippen LogP contribution in [-0.2, 0) is 16.8 Å². The van der Waals surface area contributed by atoms with Crippen LogP contribution in [0.4, 0.5) is 0 Å². The second kappa shape index (κ2) is 7.83. The molecule has 24 heavy (non-hydrogen) atoms. The zero-order valence-electron chi connectivity index (χ0n) is 15.0. The molecule has 0 saturated carbocycles. The number of carbonyl (C=O) groups excluding carboxylic acids is 1. The third kappa shape index (κ3) is 5.09. The van der Waals surface area contributed by atoms with Gasteiger partial charge in [0.25, 0.3) is 0 Å². The van der Waals surface area contributed by atoms with E-state index in [0.29, 0.717) is 12.3 Å².